The zero-order chi connectivity index (χ0) is 15.1. The first kappa shape index (κ1) is 13.7. The van der Waals surface area contributed by atoms with Crippen molar-refractivity contribution in [3.8, 4) is 5.13 Å². The van der Waals surface area contributed by atoms with Crippen molar-refractivity contribution in [2.75, 3.05) is 13.2 Å². The highest BCUT2D eigenvalue weighted by Gasteiger charge is 2.13. The number of aryl methyl sites for hydroxylation is 2. The predicted molar refractivity (Wildman–Crippen MR) is 89.6 cm³/mol. The summed E-state index contributed by atoms with van der Waals surface area (Å²) < 4.78 is 8.69. The van der Waals surface area contributed by atoms with Gasteiger partial charge in [-0.1, -0.05) is 17.4 Å². The number of aromatic nitrogens is 3. The number of hydrogen-bond donors (Lipinski definition) is 0. The molecule has 0 saturated carbocycles. The number of fused-ring (bicyclic) bond motifs is 1. The van der Waals surface area contributed by atoms with E-state index in [1.165, 1.54) is 22.5 Å². The van der Waals surface area contributed by atoms with Crippen LogP contribution in [0.2, 0.25) is 0 Å². The molecule has 0 unspecified atom stereocenters. The highest BCUT2D eigenvalue weighted by atomic mass is 32.1. The molecule has 0 amide bonds. The van der Waals surface area contributed by atoms with Gasteiger partial charge >= 0.3 is 0 Å². The molecule has 3 aromatic rings. The lowest BCUT2D eigenvalue weighted by atomic mass is 10.0. The Morgan fingerprint density at radius 1 is 1.23 bits per heavy atom. The zero-order valence-electron chi connectivity index (χ0n) is 12.7. The highest BCUT2D eigenvalue weighted by molar-refractivity contribution is 7.20. The van der Waals surface area contributed by atoms with E-state index in [0.29, 0.717) is 6.61 Å². The van der Waals surface area contributed by atoms with Crippen molar-refractivity contribution in [3.05, 3.63) is 47.4 Å². The maximum Gasteiger partial charge on any atom is 0.196 e. The molecule has 0 radical (unpaired) electrons. The SMILES string of the molecule is Cc1ccc(C)n1-c1nc2ncc(C3=CCOCC3)cc2s1. The second kappa shape index (κ2) is 5.34. The fourth-order valence-corrected chi connectivity index (χ4v) is 3.92. The second-order valence-electron chi connectivity index (χ2n) is 5.55. The Bertz CT molecular complexity index is 856. The molecule has 22 heavy (non-hydrogen) atoms. The van der Waals surface area contributed by atoms with E-state index in [-0.39, 0.29) is 0 Å². The van der Waals surface area contributed by atoms with Gasteiger partial charge < -0.3 is 4.74 Å². The largest absolute Gasteiger partial charge is 0.377 e. The van der Waals surface area contributed by atoms with Gasteiger partial charge in [-0.3, -0.25) is 4.57 Å². The van der Waals surface area contributed by atoms with E-state index in [2.05, 4.69) is 52.7 Å². The first-order chi connectivity index (χ1) is 10.7. The van der Waals surface area contributed by atoms with Gasteiger partial charge in [-0.05, 0) is 49.6 Å². The fraction of sp³-hybridized carbons (Fsp3) is 0.294. The molecule has 0 aromatic carbocycles. The normalized spacial score (nSPS) is 15.3. The summed E-state index contributed by atoms with van der Waals surface area (Å²) in [6.45, 7) is 5.69. The summed E-state index contributed by atoms with van der Waals surface area (Å²) in [5.74, 6) is 0. The molecular weight excluding hydrogens is 294 g/mol. The smallest absolute Gasteiger partial charge is 0.196 e. The van der Waals surface area contributed by atoms with E-state index in [0.717, 1.165) is 28.5 Å². The maximum absolute atomic E-state index is 5.38. The first-order valence-corrected chi connectivity index (χ1v) is 8.23. The lowest BCUT2D eigenvalue weighted by molar-refractivity contribution is 0.161. The Kier molecular flexibility index (Phi) is 3.32. The van der Waals surface area contributed by atoms with Crippen LogP contribution in [0.4, 0.5) is 0 Å². The third kappa shape index (κ3) is 2.26. The van der Waals surface area contributed by atoms with Gasteiger partial charge in [0.15, 0.2) is 10.8 Å². The number of pyridine rings is 1. The number of hydrogen-bond acceptors (Lipinski definition) is 4. The van der Waals surface area contributed by atoms with Crippen LogP contribution in [0.5, 0.6) is 0 Å². The quantitative estimate of drug-likeness (QED) is 0.720. The molecular formula is C17H17N3OS. The van der Waals surface area contributed by atoms with E-state index in [1.54, 1.807) is 11.3 Å². The summed E-state index contributed by atoms with van der Waals surface area (Å²) >= 11 is 1.69. The number of ether oxygens (including phenoxy) is 1. The molecule has 0 atom stereocenters. The minimum atomic E-state index is 0.697. The van der Waals surface area contributed by atoms with Crippen molar-refractivity contribution >= 4 is 27.3 Å². The Morgan fingerprint density at radius 3 is 2.77 bits per heavy atom. The van der Waals surface area contributed by atoms with Crippen LogP contribution < -0.4 is 0 Å². The van der Waals surface area contributed by atoms with Gasteiger partial charge in [0.1, 0.15) is 0 Å². The molecule has 4 heterocycles. The molecule has 0 N–H and O–H groups in total. The Balaban J connectivity index is 1.80. The predicted octanol–water partition coefficient (Wildman–Crippen LogP) is 3.90. The third-order valence-corrected chi connectivity index (χ3v) is 5.01. The average Bonchev–Trinajstić information content (AvgIpc) is 3.10. The van der Waals surface area contributed by atoms with Crippen molar-refractivity contribution in [2.24, 2.45) is 0 Å². The zero-order valence-corrected chi connectivity index (χ0v) is 13.5. The summed E-state index contributed by atoms with van der Waals surface area (Å²) in [5.41, 5.74) is 5.73. The van der Waals surface area contributed by atoms with Crippen molar-refractivity contribution in [2.45, 2.75) is 20.3 Å². The topological polar surface area (TPSA) is 39.9 Å². The van der Waals surface area contributed by atoms with Crippen molar-refractivity contribution < 1.29 is 4.74 Å². The monoisotopic (exact) mass is 311 g/mol. The molecule has 0 fully saturated rings. The Morgan fingerprint density at radius 2 is 2.05 bits per heavy atom. The molecule has 0 bridgehead atoms. The number of nitrogens with zero attached hydrogens (tertiary/aromatic N) is 3. The Hall–Kier alpha value is -1.98. The lowest BCUT2D eigenvalue weighted by Gasteiger charge is -2.12. The summed E-state index contributed by atoms with van der Waals surface area (Å²) in [7, 11) is 0. The second-order valence-corrected chi connectivity index (χ2v) is 6.56. The van der Waals surface area contributed by atoms with Gasteiger partial charge in [0, 0.05) is 17.6 Å². The van der Waals surface area contributed by atoms with Gasteiger partial charge in [-0.15, -0.1) is 0 Å². The van der Waals surface area contributed by atoms with Gasteiger partial charge in [0.2, 0.25) is 0 Å². The van der Waals surface area contributed by atoms with Crippen molar-refractivity contribution in [1.82, 2.24) is 14.5 Å². The van der Waals surface area contributed by atoms with Crippen LogP contribution in [-0.4, -0.2) is 27.7 Å². The fourth-order valence-electron chi connectivity index (χ4n) is 2.84. The van der Waals surface area contributed by atoms with Crippen LogP contribution in [0.3, 0.4) is 0 Å². The first-order valence-electron chi connectivity index (χ1n) is 7.41. The molecule has 5 heteroatoms. The summed E-state index contributed by atoms with van der Waals surface area (Å²) in [6, 6.07) is 6.44. The van der Waals surface area contributed by atoms with Crippen LogP contribution in [-0.2, 0) is 4.74 Å². The van der Waals surface area contributed by atoms with Crippen molar-refractivity contribution in [1.29, 1.82) is 0 Å². The van der Waals surface area contributed by atoms with Crippen molar-refractivity contribution in [3.63, 3.8) is 0 Å². The number of rotatable bonds is 2. The highest BCUT2D eigenvalue weighted by Crippen LogP contribution is 2.29. The van der Waals surface area contributed by atoms with Gasteiger partial charge in [-0.25, -0.2) is 4.98 Å². The van der Waals surface area contributed by atoms with E-state index in [1.807, 2.05) is 6.20 Å². The third-order valence-electron chi connectivity index (χ3n) is 4.03. The van der Waals surface area contributed by atoms with E-state index in [9.17, 15) is 0 Å². The summed E-state index contributed by atoms with van der Waals surface area (Å²) in [5, 5.41) is 0.987. The van der Waals surface area contributed by atoms with Crippen LogP contribution in [0.25, 0.3) is 21.1 Å². The lowest BCUT2D eigenvalue weighted by Crippen LogP contribution is -2.03. The van der Waals surface area contributed by atoms with Gasteiger partial charge in [-0.2, -0.15) is 4.98 Å². The molecule has 4 rings (SSSR count). The van der Waals surface area contributed by atoms with E-state index >= 15 is 0 Å². The molecule has 1 aliphatic rings. The summed E-state index contributed by atoms with van der Waals surface area (Å²) in [6.07, 6.45) is 5.03. The molecule has 1 aliphatic heterocycles. The summed E-state index contributed by atoms with van der Waals surface area (Å²) in [4.78, 5) is 9.24. The standard InChI is InChI=1S/C17H17N3OS/c1-11-3-4-12(2)20(11)17-19-16-15(22-17)9-14(10-18-16)13-5-7-21-8-6-13/h3-5,9-10H,6-8H2,1-2H3. The van der Waals surface area contributed by atoms with Crippen LogP contribution >= 0.6 is 11.3 Å². The minimum absolute atomic E-state index is 0.697. The Labute approximate surface area is 133 Å². The number of thiazole rings is 1. The van der Waals surface area contributed by atoms with Gasteiger partial charge in [0.05, 0.1) is 17.9 Å². The van der Waals surface area contributed by atoms with E-state index < -0.39 is 0 Å². The van der Waals surface area contributed by atoms with Crippen LogP contribution in [0.1, 0.15) is 23.4 Å². The molecule has 3 aromatic heterocycles. The van der Waals surface area contributed by atoms with Gasteiger partial charge in [0.25, 0.3) is 0 Å². The maximum atomic E-state index is 5.38. The molecule has 0 spiro atoms. The molecule has 0 saturated heterocycles. The molecule has 4 nitrogen and oxygen atoms in total. The minimum Gasteiger partial charge on any atom is -0.377 e. The van der Waals surface area contributed by atoms with Crippen LogP contribution in [0.15, 0.2) is 30.5 Å². The van der Waals surface area contributed by atoms with E-state index in [4.69, 9.17) is 4.74 Å². The molecule has 0 aliphatic carbocycles. The average molecular weight is 311 g/mol. The van der Waals surface area contributed by atoms with Crippen LogP contribution in [0, 0.1) is 13.8 Å². The molecule has 112 valence electrons.